The van der Waals surface area contributed by atoms with Crippen molar-refractivity contribution in [3.63, 3.8) is 0 Å². The molecule has 2 aromatic carbocycles. The minimum atomic E-state index is -0.157. The van der Waals surface area contributed by atoms with Gasteiger partial charge in [0.2, 0.25) is 0 Å². The maximum Gasteiger partial charge on any atom is 0.159 e. The van der Waals surface area contributed by atoms with E-state index in [2.05, 4.69) is 48.1 Å². The molecule has 158 valence electrons. The van der Waals surface area contributed by atoms with E-state index in [1.54, 1.807) is 6.07 Å². The topological polar surface area (TPSA) is 25.8 Å². The number of hydrogen-bond acceptors (Lipinski definition) is 2. The highest BCUT2D eigenvalue weighted by Gasteiger charge is 2.08. The average Bonchev–Trinajstić information content (AvgIpc) is 2.78. The second-order valence-corrected chi connectivity index (χ2v) is 8.07. The maximum atomic E-state index is 14.5. The van der Waals surface area contributed by atoms with Gasteiger partial charge in [0.15, 0.2) is 5.82 Å². The van der Waals surface area contributed by atoms with Crippen molar-refractivity contribution in [1.29, 1.82) is 0 Å². The van der Waals surface area contributed by atoms with Crippen LogP contribution in [-0.4, -0.2) is 9.97 Å². The summed E-state index contributed by atoms with van der Waals surface area (Å²) in [7, 11) is 0. The fraction of sp³-hybridized carbons (Fsp3) is 0.407. The number of benzene rings is 2. The highest BCUT2D eigenvalue weighted by molar-refractivity contribution is 5.64. The second kappa shape index (κ2) is 11.6. The molecule has 0 saturated heterocycles. The molecule has 0 saturated carbocycles. The molecule has 1 heterocycles. The van der Waals surface area contributed by atoms with Crippen LogP contribution in [0.3, 0.4) is 0 Å². The van der Waals surface area contributed by atoms with Crippen LogP contribution in [0.4, 0.5) is 4.39 Å². The molecule has 0 unspecified atom stereocenters. The van der Waals surface area contributed by atoms with Crippen LogP contribution >= 0.6 is 0 Å². The van der Waals surface area contributed by atoms with Crippen molar-refractivity contribution < 1.29 is 4.39 Å². The van der Waals surface area contributed by atoms with Gasteiger partial charge in [-0.25, -0.2) is 14.4 Å². The van der Waals surface area contributed by atoms with Crippen molar-refractivity contribution in [3.8, 4) is 22.5 Å². The van der Waals surface area contributed by atoms with Crippen LogP contribution in [0, 0.1) is 5.82 Å². The predicted molar refractivity (Wildman–Crippen MR) is 124 cm³/mol. The largest absolute Gasteiger partial charge is 0.236 e. The average molecular weight is 405 g/mol. The number of aryl methyl sites for hydroxylation is 2. The molecule has 0 aliphatic heterocycles. The SMILES string of the molecule is CCCCCCc1ccc(-c2ncc(-c3ccc(CCCCC)cc3)cn2)cc1F. The Hall–Kier alpha value is -2.55. The molecular formula is C27H33FN2. The number of aromatic nitrogens is 2. The lowest BCUT2D eigenvalue weighted by Crippen LogP contribution is -1.95. The summed E-state index contributed by atoms with van der Waals surface area (Å²) in [6.07, 6.45) is 13.9. The standard InChI is InChI=1S/C27H33FN2/c1-3-5-7-9-11-23-16-17-24(18-26(23)28)27-29-19-25(20-30-27)22-14-12-21(13-15-22)10-8-6-4-2/h12-20H,3-11H2,1-2H3. The molecule has 0 radical (unpaired) electrons. The summed E-state index contributed by atoms with van der Waals surface area (Å²) in [5, 5.41) is 0. The van der Waals surface area contributed by atoms with E-state index in [0.29, 0.717) is 5.82 Å². The lowest BCUT2D eigenvalue weighted by molar-refractivity contribution is 0.594. The number of halogens is 1. The minimum Gasteiger partial charge on any atom is -0.236 e. The summed E-state index contributed by atoms with van der Waals surface area (Å²) in [5.74, 6) is 0.404. The maximum absolute atomic E-state index is 14.5. The first-order valence-corrected chi connectivity index (χ1v) is 11.4. The van der Waals surface area contributed by atoms with E-state index >= 15 is 0 Å². The first kappa shape index (κ1) is 22.1. The van der Waals surface area contributed by atoms with Crippen LogP contribution in [0.1, 0.15) is 69.9 Å². The monoisotopic (exact) mass is 404 g/mol. The lowest BCUT2D eigenvalue weighted by Gasteiger charge is -2.07. The normalized spacial score (nSPS) is 11.0. The minimum absolute atomic E-state index is 0.157. The van der Waals surface area contributed by atoms with Crippen molar-refractivity contribution in [2.75, 3.05) is 0 Å². The smallest absolute Gasteiger partial charge is 0.159 e. The van der Waals surface area contributed by atoms with Crippen molar-refractivity contribution in [1.82, 2.24) is 9.97 Å². The molecule has 3 aromatic rings. The van der Waals surface area contributed by atoms with Gasteiger partial charge in [-0.15, -0.1) is 0 Å². The van der Waals surface area contributed by atoms with Crippen molar-refractivity contribution in [2.24, 2.45) is 0 Å². The van der Waals surface area contributed by atoms with Crippen LogP contribution in [0.5, 0.6) is 0 Å². The van der Waals surface area contributed by atoms with E-state index in [9.17, 15) is 4.39 Å². The highest BCUT2D eigenvalue weighted by atomic mass is 19.1. The van der Waals surface area contributed by atoms with Gasteiger partial charge in [0.05, 0.1) is 0 Å². The van der Waals surface area contributed by atoms with Crippen molar-refractivity contribution >= 4 is 0 Å². The Bertz CT molecular complexity index is 901. The van der Waals surface area contributed by atoms with Gasteiger partial charge in [-0.2, -0.15) is 0 Å². The molecule has 2 nitrogen and oxygen atoms in total. The number of rotatable bonds is 11. The van der Waals surface area contributed by atoms with Gasteiger partial charge in [0, 0.05) is 23.5 Å². The molecule has 3 heteroatoms. The number of unbranched alkanes of at least 4 members (excludes halogenated alkanes) is 5. The zero-order valence-electron chi connectivity index (χ0n) is 18.3. The lowest BCUT2D eigenvalue weighted by atomic mass is 10.0. The van der Waals surface area contributed by atoms with Crippen molar-refractivity contribution in [2.45, 2.75) is 71.6 Å². The number of hydrogen-bond donors (Lipinski definition) is 0. The Morgan fingerprint density at radius 1 is 0.667 bits per heavy atom. The molecule has 0 aliphatic carbocycles. The summed E-state index contributed by atoms with van der Waals surface area (Å²) >= 11 is 0. The molecule has 0 spiro atoms. The van der Waals surface area contributed by atoms with E-state index in [0.717, 1.165) is 47.9 Å². The zero-order valence-corrected chi connectivity index (χ0v) is 18.3. The molecule has 0 atom stereocenters. The predicted octanol–water partition coefficient (Wildman–Crippen LogP) is 7.81. The quantitative estimate of drug-likeness (QED) is 0.305. The van der Waals surface area contributed by atoms with Crippen LogP contribution in [-0.2, 0) is 12.8 Å². The van der Waals surface area contributed by atoms with Crippen LogP contribution in [0.15, 0.2) is 54.9 Å². The molecular weight excluding hydrogens is 371 g/mol. The molecule has 0 bridgehead atoms. The molecule has 30 heavy (non-hydrogen) atoms. The Labute approximate surface area is 180 Å². The van der Waals surface area contributed by atoms with Gasteiger partial charge in [-0.3, -0.25) is 0 Å². The van der Waals surface area contributed by atoms with Crippen LogP contribution in [0.25, 0.3) is 22.5 Å². The summed E-state index contributed by atoms with van der Waals surface area (Å²) < 4.78 is 14.5. The van der Waals surface area contributed by atoms with E-state index in [1.165, 1.54) is 37.7 Å². The summed E-state index contributed by atoms with van der Waals surface area (Å²) in [4.78, 5) is 8.98. The Morgan fingerprint density at radius 3 is 1.97 bits per heavy atom. The fourth-order valence-electron chi connectivity index (χ4n) is 3.70. The third-order valence-corrected chi connectivity index (χ3v) is 5.62. The first-order valence-electron chi connectivity index (χ1n) is 11.4. The van der Waals surface area contributed by atoms with Gasteiger partial charge in [-0.1, -0.05) is 82.3 Å². The van der Waals surface area contributed by atoms with Gasteiger partial charge in [-0.05, 0) is 48.4 Å². The summed E-state index contributed by atoms with van der Waals surface area (Å²) in [5.41, 5.74) is 4.96. The van der Waals surface area contributed by atoms with Crippen LogP contribution < -0.4 is 0 Å². The van der Waals surface area contributed by atoms with Crippen molar-refractivity contribution in [3.05, 3.63) is 71.8 Å². The van der Waals surface area contributed by atoms with E-state index < -0.39 is 0 Å². The fourth-order valence-corrected chi connectivity index (χ4v) is 3.70. The Kier molecular flexibility index (Phi) is 8.55. The Morgan fingerprint density at radius 2 is 1.30 bits per heavy atom. The van der Waals surface area contributed by atoms with E-state index in [1.807, 2.05) is 24.5 Å². The summed E-state index contributed by atoms with van der Waals surface area (Å²) in [6, 6.07) is 14.0. The van der Waals surface area contributed by atoms with Gasteiger partial charge in [0.25, 0.3) is 0 Å². The Balaban J connectivity index is 1.64. The van der Waals surface area contributed by atoms with Crippen LogP contribution in [0.2, 0.25) is 0 Å². The zero-order chi connectivity index (χ0) is 21.2. The molecule has 1 aromatic heterocycles. The first-order chi connectivity index (χ1) is 14.7. The second-order valence-electron chi connectivity index (χ2n) is 8.07. The summed E-state index contributed by atoms with van der Waals surface area (Å²) in [6.45, 7) is 4.41. The van der Waals surface area contributed by atoms with E-state index in [4.69, 9.17) is 0 Å². The van der Waals surface area contributed by atoms with Gasteiger partial charge in [0.1, 0.15) is 5.82 Å². The highest BCUT2D eigenvalue weighted by Crippen LogP contribution is 2.23. The molecule has 0 N–H and O–H groups in total. The molecule has 0 amide bonds. The molecule has 3 rings (SSSR count). The van der Waals surface area contributed by atoms with Gasteiger partial charge >= 0.3 is 0 Å². The number of nitrogens with zero attached hydrogens (tertiary/aromatic N) is 2. The third-order valence-electron chi connectivity index (χ3n) is 5.62. The van der Waals surface area contributed by atoms with E-state index in [-0.39, 0.29) is 5.82 Å². The molecule has 0 aliphatic rings. The molecule has 0 fully saturated rings. The van der Waals surface area contributed by atoms with Gasteiger partial charge < -0.3 is 0 Å². The third kappa shape index (κ3) is 6.22.